The number of nitrogens with zero attached hydrogens (tertiary/aromatic N) is 4. The molecular formula is C20H27B6N5OS. The molecule has 0 aliphatic rings. The van der Waals surface area contributed by atoms with E-state index in [2.05, 4.69) is 91.6 Å². The first kappa shape index (κ1) is 23.9. The summed E-state index contributed by atoms with van der Waals surface area (Å²) in [6, 6.07) is 8.24. The third-order valence-corrected chi connectivity index (χ3v) is 7.73. The van der Waals surface area contributed by atoms with Gasteiger partial charge < -0.3 is 10.4 Å². The molecule has 162 valence electrons. The van der Waals surface area contributed by atoms with Crippen LogP contribution in [0, 0.1) is 13.8 Å². The van der Waals surface area contributed by atoms with E-state index < -0.39 is 5.60 Å². The number of hydrogen-bond acceptors (Lipinski definition) is 7. The van der Waals surface area contributed by atoms with Gasteiger partial charge in [0.1, 0.15) is 17.0 Å². The number of aromatic nitrogens is 4. The van der Waals surface area contributed by atoms with Gasteiger partial charge in [0.05, 0.1) is 68.6 Å². The van der Waals surface area contributed by atoms with Crippen LogP contribution in [-0.4, -0.2) is 72.3 Å². The summed E-state index contributed by atoms with van der Waals surface area (Å²) in [6.45, 7) is 4.65. The Morgan fingerprint density at radius 3 is 2.18 bits per heavy atom. The maximum absolute atomic E-state index is 11.7. The lowest BCUT2D eigenvalue weighted by atomic mass is 9.22. The summed E-state index contributed by atoms with van der Waals surface area (Å²) in [4.78, 5) is 9.91. The predicted molar refractivity (Wildman–Crippen MR) is 154 cm³/mol. The summed E-state index contributed by atoms with van der Waals surface area (Å²) in [6.07, 6.45) is 1.60. The van der Waals surface area contributed by atoms with Crippen molar-refractivity contribution in [1.82, 2.24) is 20.2 Å². The first-order chi connectivity index (χ1) is 15.3. The van der Waals surface area contributed by atoms with E-state index in [4.69, 9.17) is 0 Å². The zero-order chi connectivity index (χ0) is 24.2. The minimum absolute atomic E-state index is 0.307. The third-order valence-electron chi connectivity index (χ3n) is 6.66. The van der Waals surface area contributed by atoms with Gasteiger partial charge in [0.2, 0.25) is 0 Å². The molecular weight excluding hydrogens is 423 g/mol. The van der Waals surface area contributed by atoms with Crippen molar-refractivity contribution in [3.63, 3.8) is 0 Å². The van der Waals surface area contributed by atoms with Crippen LogP contribution in [0.25, 0.3) is 20.4 Å². The average Bonchev–Trinajstić information content (AvgIpc) is 3.13. The Morgan fingerprint density at radius 2 is 1.58 bits per heavy atom. The molecule has 0 amide bonds. The van der Waals surface area contributed by atoms with Crippen LogP contribution in [0.2, 0.25) is 10.2 Å². The van der Waals surface area contributed by atoms with Crippen molar-refractivity contribution in [2.45, 2.75) is 36.2 Å². The van der Waals surface area contributed by atoms with Gasteiger partial charge in [0.15, 0.2) is 0 Å². The minimum atomic E-state index is -0.959. The third kappa shape index (κ3) is 3.99. The van der Waals surface area contributed by atoms with Crippen molar-refractivity contribution in [2.75, 3.05) is 5.32 Å². The molecule has 33 heavy (non-hydrogen) atoms. The number of anilines is 1. The Bertz CT molecular complexity index is 1320. The molecule has 0 aliphatic carbocycles. The monoisotopic (exact) mass is 451 g/mol. The predicted octanol–water partition coefficient (Wildman–Crippen LogP) is -2.00. The molecule has 13 heteroatoms. The van der Waals surface area contributed by atoms with Crippen LogP contribution < -0.4 is 5.32 Å². The normalized spacial score (nSPS) is 12.9. The van der Waals surface area contributed by atoms with Gasteiger partial charge in [-0.2, -0.15) is 5.10 Å². The average molecular weight is 450 g/mol. The highest BCUT2D eigenvalue weighted by Crippen LogP contribution is 2.50. The first-order valence-electron chi connectivity index (χ1n) is 11.3. The topological polar surface area (TPSA) is 83.8 Å². The first-order valence-corrected chi connectivity index (χ1v) is 12.1. The van der Waals surface area contributed by atoms with Crippen LogP contribution in [0.1, 0.15) is 22.4 Å². The Kier molecular flexibility index (Phi) is 5.94. The van der Waals surface area contributed by atoms with Crippen molar-refractivity contribution >= 4 is 84.7 Å². The zero-order valence-corrected chi connectivity index (χ0v) is 21.6. The van der Waals surface area contributed by atoms with Crippen molar-refractivity contribution in [2.24, 2.45) is 0 Å². The number of fused-ring (bicyclic) bond motifs is 3. The molecule has 0 spiro atoms. The van der Waals surface area contributed by atoms with E-state index in [0.29, 0.717) is 6.54 Å². The number of aliphatic hydroxyl groups is 1. The maximum atomic E-state index is 11.7. The molecule has 6 nitrogen and oxygen atoms in total. The number of thiophene rings is 1. The summed E-state index contributed by atoms with van der Waals surface area (Å²) in [5.41, 5.74) is 4.03. The summed E-state index contributed by atoms with van der Waals surface area (Å²) in [5, 5.41) is 24.3. The molecule has 0 unspecified atom stereocenters. The fourth-order valence-corrected chi connectivity index (χ4v) is 5.95. The molecule has 4 rings (SSSR count). The maximum Gasteiger partial charge on any atom is 0.149 e. The second-order valence-electron chi connectivity index (χ2n) is 10.9. The highest BCUT2D eigenvalue weighted by Gasteiger charge is 2.49. The Balaban J connectivity index is 1.62. The number of rotatable bonds is 6. The van der Waals surface area contributed by atoms with Gasteiger partial charge in [0, 0.05) is 11.9 Å². The quantitative estimate of drug-likeness (QED) is 0.331. The molecule has 3 heterocycles. The summed E-state index contributed by atoms with van der Waals surface area (Å²) in [7, 11) is 12.5. The van der Waals surface area contributed by atoms with Gasteiger partial charge >= 0.3 is 0 Å². The van der Waals surface area contributed by atoms with E-state index in [9.17, 15) is 5.11 Å². The van der Waals surface area contributed by atoms with Gasteiger partial charge in [-0.15, -0.1) is 16.4 Å². The second-order valence-corrected chi connectivity index (χ2v) is 11.9. The van der Waals surface area contributed by atoms with Crippen molar-refractivity contribution in [3.8, 4) is 0 Å². The molecule has 0 aliphatic heterocycles. The highest BCUT2D eigenvalue weighted by atomic mass is 32.1. The number of aryl methyl sites for hydroxylation is 2. The van der Waals surface area contributed by atoms with Crippen LogP contribution in [-0.2, 0) is 12.1 Å². The SMILES string of the molecule is BC(B)(B)C(O)(c1ccc(CNc2ncnc3c2sc2nnc(C)c(C)c23)cc1)C(B)(B)B. The Labute approximate surface area is 204 Å². The summed E-state index contributed by atoms with van der Waals surface area (Å²) >= 11 is 1.56. The fraction of sp³-hybridized carbons (Fsp3) is 0.300. The number of benzene rings is 1. The smallest absolute Gasteiger partial charge is 0.149 e. The Hall–Kier alpha value is -2.25. The van der Waals surface area contributed by atoms with Gasteiger partial charge in [0.25, 0.3) is 0 Å². The molecule has 1 aromatic carbocycles. The molecule has 0 saturated carbocycles. The Morgan fingerprint density at radius 1 is 0.939 bits per heavy atom. The van der Waals surface area contributed by atoms with E-state index in [-0.39, 0.29) is 10.2 Å². The minimum Gasteiger partial charge on any atom is -0.388 e. The van der Waals surface area contributed by atoms with Crippen molar-refractivity contribution in [1.29, 1.82) is 0 Å². The van der Waals surface area contributed by atoms with Crippen molar-refractivity contribution in [3.05, 3.63) is 53.0 Å². The molecule has 0 radical (unpaired) electrons. The zero-order valence-electron chi connectivity index (χ0n) is 20.7. The number of hydrogen-bond donors (Lipinski definition) is 2. The van der Waals surface area contributed by atoms with E-state index in [1.54, 1.807) is 17.7 Å². The molecule has 0 atom stereocenters. The van der Waals surface area contributed by atoms with Gasteiger partial charge in [-0.3, -0.25) is 0 Å². The largest absolute Gasteiger partial charge is 0.388 e. The van der Waals surface area contributed by atoms with Gasteiger partial charge in [-0.1, -0.05) is 34.5 Å². The lowest BCUT2D eigenvalue weighted by Crippen LogP contribution is -2.52. The van der Waals surface area contributed by atoms with Gasteiger partial charge in [-0.25, -0.2) is 9.97 Å². The second kappa shape index (κ2) is 8.20. The van der Waals surface area contributed by atoms with Crippen molar-refractivity contribution < 1.29 is 5.11 Å². The fourth-order valence-electron chi connectivity index (χ4n) is 4.85. The molecule has 0 bridgehead atoms. The van der Waals surface area contributed by atoms with E-state index in [1.807, 2.05) is 19.1 Å². The van der Waals surface area contributed by atoms with E-state index >= 15 is 0 Å². The van der Waals surface area contributed by atoms with E-state index in [0.717, 1.165) is 48.6 Å². The molecule has 2 N–H and O–H groups in total. The van der Waals surface area contributed by atoms with Crippen LogP contribution in [0.15, 0.2) is 30.6 Å². The number of nitrogens with one attached hydrogen (secondary N) is 1. The van der Waals surface area contributed by atoms with Crippen LogP contribution in [0.5, 0.6) is 0 Å². The van der Waals surface area contributed by atoms with Crippen LogP contribution in [0.3, 0.4) is 0 Å². The van der Waals surface area contributed by atoms with Crippen LogP contribution >= 0.6 is 11.3 Å². The molecule has 3 aromatic heterocycles. The lowest BCUT2D eigenvalue weighted by Gasteiger charge is -2.51. The summed E-state index contributed by atoms with van der Waals surface area (Å²) < 4.78 is 0.988. The molecule has 0 saturated heterocycles. The summed E-state index contributed by atoms with van der Waals surface area (Å²) in [5.74, 6) is 0.796. The molecule has 4 aromatic rings. The van der Waals surface area contributed by atoms with Crippen LogP contribution in [0.4, 0.5) is 5.82 Å². The molecule has 0 fully saturated rings. The standard InChI is InChI=1S/C20H27B6N5OS/c1-9-10(2)30-31-17-13(9)14-15(33-17)16(29-8-28-14)27-7-11-3-5-12(6-4-11)18(32,19(21,22)23)20(24,25)26/h3-6,8,32H,7,21-26H2,1-2H3,(H,27,28,29). The van der Waals surface area contributed by atoms with Gasteiger partial charge in [-0.05, 0) is 30.5 Å². The van der Waals surface area contributed by atoms with E-state index in [1.165, 1.54) is 0 Å². The highest BCUT2D eigenvalue weighted by molar-refractivity contribution is 7.26. The lowest BCUT2D eigenvalue weighted by molar-refractivity contribution is 0.0382.